The molecule has 0 bridgehead atoms. The molecule has 19 heavy (non-hydrogen) atoms. The van der Waals surface area contributed by atoms with Gasteiger partial charge in [0.05, 0.1) is 5.02 Å². The van der Waals surface area contributed by atoms with Gasteiger partial charge >= 0.3 is 0 Å². The minimum Gasteiger partial charge on any atom is -0.324 e. The molecule has 0 saturated heterocycles. The molecule has 0 radical (unpaired) electrons. The second-order valence-corrected chi connectivity index (χ2v) is 4.97. The Kier molecular flexibility index (Phi) is 4.17. The van der Waals surface area contributed by atoms with E-state index in [4.69, 9.17) is 17.3 Å². The van der Waals surface area contributed by atoms with Gasteiger partial charge in [-0.05, 0) is 54.3 Å². The van der Waals surface area contributed by atoms with Crippen LogP contribution >= 0.6 is 11.6 Å². The van der Waals surface area contributed by atoms with Crippen molar-refractivity contribution in [2.24, 2.45) is 5.73 Å². The highest BCUT2D eigenvalue weighted by Gasteiger charge is 2.12. The van der Waals surface area contributed by atoms with Gasteiger partial charge in [0, 0.05) is 6.04 Å². The van der Waals surface area contributed by atoms with Gasteiger partial charge in [-0.1, -0.05) is 23.7 Å². The zero-order chi connectivity index (χ0) is 14.0. The third kappa shape index (κ3) is 3.31. The fourth-order valence-electron chi connectivity index (χ4n) is 2.04. The van der Waals surface area contributed by atoms with E-state index in [2.05, 4.69) is 0 Å². The second-order valence-electron chi connectivity index (χ2n) is 4.56. The van der Waals surface area contributed by atoms with Crippen molar-refractivity contribution in [2.45, 2.75) is 19.4 Å². The second kappa shape index (κ2) is 5.68. The molecule has 1 nitrogen and oxygen atoms in total. The maximum absolute atomic E-state index is 13.3. The van der Waals surface area contributed by atoms with Crippen LogP contribution in [0.25, 0.3) is 0 Å². The topological polar surface area (TPSA) is 26.0 Å². The van der Waals surface area contributed by atoms with Crippen LogP contribution in [0.3, 0.4) is 0 Å². The molecule has 1 atom stereocenters. The molecule has 0 aliphatic heterocycles. The Bertz CT molecular complexity index is 599. The summed E-state index contributed by atoms with van der Waals surface area (Å²) in [6.07, 6.45) is 0.429. The Labute approximate surface area is 116 Å². The number of halogens is 3. The van der Waals surface area contributed by atoms with E-state index in [1.54, 1.807) is 12.1 Å². The van der Waals surface area contributed by atoms with E-state index in [0.29, 0.717) is 6.42 Å². The van der Waals surface area contributed by atoms with Crippen molar-refractivity contribution in [1.82, 2.24) is 0 Å². The summed E-state index contributed by atoms with van der Waals surface area (Å²) in [7, 11) is 0. The highest BCUT2D eigenvalue weighted by atomic mass is 35.5. The molecule has 2 rings (SSSR count). The van der Waals surface area contributed by atoms with Gasteiger partial charge < -0.3 is 5.73 Å². The summed E-state index contributed by atoms with van der Waals surface area (Å²) in [5.41, 5.74) is 8.45. The van der Waals surface area contributed by atoms with E-state index in [0.717, 1.165) is 16.7 Å². The van der Waals surface area contributed by atoms with Gasteiger partial charge in [0.1, 0.15) is 11.6 Å². The Morgan fingerprint density at radius 2 is 1.89 bits per heavy atom. The lowest BCUT2D eigenvalue weighted by Gasteiger charge is -2.15. The molecule has 0 heterocycles. The van der Waals surface area contributed by atoms with Crippen LogP contribution in [0.15, 0.2) is 36.4 Å². The highest BCUT2D eigenvalue weighted by Crippen LogP contribution is 2.23. The summed E-state index contributed by atoms with van der Waals surface area (Å²) in [5.74, 6) is -0.791. The number of hydrogen-bond donors (Lipinski definition) is 1. The summed E-state index contributed by atoms with van der Waals surface area (Å²) >= 11 is 5.62. The molecule has 2 aromatic carbocycles. The van der Waals surface area contributed by atoms with Crippen LogP contribution in [-0.2, 0) is 6.42 Å². The summed E-state index contributed by atoms with van der Waals surface area (Å²) in [6.45, 7) is 1.87. The molecule has 0 amide bonds. The van der Waals surface area contributed by atoms with Gasteiger partial charge in [-0.25, -0.2) is 8.78 Å². The fraction of sp³-hybridized carbons (Fsp3) is 0.200. The van der Waals surface area contributed by atoms with Crippen molar-refractivity contribution in [3.8, 4) is 0 Å². The minimum atomic E-state index is -0.470. The van der Waals surface area contributed by atoms with Crippen LogP contribution in [0.2, 0.25) is 5.02 Å². The van der Waals surface area contributed by atoms with Gasteiger partial charge in [-0.3, -0.25) is 0 Å². The zero-order valence-corrected chi connectivity index (χ0v) is 11.2. The Hall–Kier alpha value is -1.45. The van der Waals surface area contributed by atoms with E-state index >= 15 is 0 Å². The molecule has 2 aromatic rings. The lowest BCUT2D eigenvalue weighted by Crippen LogP contribution is -2.15. The van der Waals surface area contributed by atoms with E-state index in [9.17, 15) is 8.78 Å². The first-order valence-corrected chi connectivity index (χ1v) is 6.30. The van der Waals surface area contributed by atoms with E-state index < -0.39 is 5.82 Å². The molecular weight excluding hydrogens is 268 g/mol. The van der Waals surface area contributed by atoms with Gasteiger partial charge in [0.2, 0.25) is 0 Å². The average Bonchev–Trinajstić information content (AvgIpc) is 2.36. The lowest BCUT2D eigenvalue weighted by molar-refractivity contribution is 0.613. The number of benzene rings is 2. The van der Waals surface area contributed by atoms with Crippen LogP contribution in [0, 0.1) is 18.6 Å². The van der Waals surface area contributed by atoms with Gasteiger partial charge in [0.25, 0.3) is 0 Å². The summed E-state index contributed by atoms with van der Waals surface area (Å²) in [6, 6.07) is 8.71. The van der Waals surface area contributed by atoms with Gasteiger partial charge in [0.15, 0.2) is 0 Å². The summed E-state index contributed by atoms with van der Waals surface area (Å²) < 4.78 is 26.6. The van der Waals surface area contributed by atoms with Gasteiger partial charge in [-0.2, -0.15) is 0 Å². The Balaban J connectivity index is 2.22. The van der Waals surface area contributed by atoms with Crippen molar-refractivity contribution in [3.63, 3.8) is 0 Å². The maximum atomic E-state index is 13.3. The van der Waals surface area contributed by atoms with Crippen LogP contribution < -0.4 is 5.73 Å². The fourth-order valence-corrected chi connectivity index (χ4v) is 2.16. The first-order valence-electron chi connectivity index (χ1n) is 5.93. The monoisotopic (exact) mass is 281 g/mol. The highest BCUT2D eigenvalue weighted by molar-refractivity contribution is 6.30. The lowest BCUT2D eigenvalue weighted by atomic mass is 9.96. The molecule has 0 aliphatic carbocycles. The maximum Gasteiger partial charge on any atom is 0.142 e. The molecule has 1 unspecified atom stereocenters. The molecule has 0 spiro atoms. The minimum absolute atomic E-state index is 0.0826. The van der Waals surface area contributed by atoms with Crippen LogP contribution in [-0.4, -0.2) is 0 Å². The Morgan fingerprint density at radius 3 is 2.58 bits per heavy atom. The number of nitrogens with two attached hydrogens (primary N) is 1. The SMILES string of the molecule is Cc1ccc(F)cc1C(N)Cc1ccc(Cl)c(F)c1. The van der Waals surface area contributed by atoms with Gasteiger partial charge in [-0.15, -0.1) is 0 Å². The van der Waals surface area contributed by atoms with Crippen LogP contribution in [0.1, 0.15) is 22.7 Å². The van der Waals surface area contributed by atoms with Crippen molar-refractivity contribution in [1.29, 1.82) is 0 Å². The van der Waals surface area contributed by atoms with Crippen molar-refractivity contribution in [2.75, 3.05) is 0 Å². The summed E-state index contributed by atoms with van der Waals surface area (Å²) in [4.78, 5) is 0. The molecule has 0 aromatic heterocycles. The molecule has 0 saturated carbocycles. The molecule has 0 fully saturated rings. The van der Waals surface area contributed by atoms with E-state index in [1.807, 2.05) is 6.92 Å². The molecule has 0 aliphatic rings. The third-order valence-corrected chi connectivity index (χ3v) is 3.39. The summed E-state index contributed by atoms with van der Waals surface area (Å²) in [5, 5.41) is 0.0826. The average molecular weight is 282 g/mol. The standard InChI is InChI=1S/C15H14ClF2N/c1-9-2-4-11(17)8-12(9)15(19)7-10-3-5-13(16)14(18)6-10/h2-6,8,15H,7,19H2,1H3. The Morgan fingerprint density at radius 1 is 1.16 bits per heavy atom. The first-order chi connectivity index (χ1) is 8.97. The molecule has 2 N–H and O–H groups in total. The largest absolute Gasteiger partial charge is 0.324 e. The number of aryl methyl sites for hydroxylation is 1. The number of hydrogen-bond acceptors (Lipinski definition) is 1. The van der Waals surface area contributed by atoms with Crippen LogP contribution in [0.5, 0.6) is 0 Å². The van der Waals surface area contributed by atoms with Crippen molar-refractivity contribution in [3.05, 3.63) is 69.7 Å². The van der Waals surface area contributed by atoms with E-state index in [-0.39, 0.29) is 16.9 Å². The first kappa shape index (κ1) is 14.0. The van der Waals surface area contributed by atoms with Crippen molar-refractivity contribution >= 4 is 11.6 Å². The third-order valence-electron chi connectivity index (χ3n) is 3.08. The number of rotatable bonds is 3. The quantitative estimate of drug-likeness (QED) is 0.898. The van der Waals surface area contributed by atoms with E-state index in [1.165, 1.54) is 24.3 Å². The molecular formula is C15H14ClF2N. The molecule has 100 valence electrons. The van der Waals surface area contributed by atoms with Crippen LogP contribution in [0.4, 0.5) is 8.78 Å². The zero-order valence-electron chi connectivity index (χ0n) is 10.5. The molecule has 4 heteroatoms. The van der Waals surface area contributed by atoms with Crippen molar-refractivity contribution < 1.29 is 8.78 Å². The predicted molar refractivity (Wildman–Crippen MR) is 73.2 cm³/mol. The normalized spacial score (nSPS) is 12.5. The smallest absolute Gasteiger partial charge is 0.142 e. The predicted octanol–water partition coefficient (Wildman–Crippen LogP) is 4.17.